The molecule has 4 aliphatic heterocycles. The summed E-state index contributed by atoms with van der Waals surface area (Å²) < 4.78 is 1.90. The normalized spacial score (nSPS) is 25.3. The van der Waals surface area contributed by atoms with Crippen molar-refractivity contribution in [2.24, 2.45) is 0 Å². The van der Waals surface area contributed by atoms with E-state index in [2.05, 4.69) is 55.0 Å². The largest absolute Gasteiger partial charge is 0.367 e. The van der Waals surface area contributed by atoms with Crippen molar-refractivity contribution in [2.75, 3.05) is 29.0 Å². The number of nitrogens with one attached hydrogen (secondary N) is 3. The number of pyridine rings is 4. The highest BCUT2D eigenvalue weighted by Crippen LogP contribution is 2.39. The van der Waals surface area contributed by atoms with Crippen LogP contribution in [0.5, 0.6) is 0 Å². The van der Waals surface area contributed by atoms with E-state index in [4.69, 9.17) is 30.6 Å². The van der Waals surface area contributed by atoms with Gasteiger partial charge in [0.1, 0.15) is 28.7 Å². The number of aryl methyl sites for hydroxylation is 1. The van der Waals surface area contributed by atoms with Gasteiger partial charge in [-0.25, -0.2) is 14.6 Å². The van der Waals surface area contributed by atoms with Crippen molar-refractivity contribution >= 4 is 45.1 Å². The van der Waals surface area contributed by atoms with E-state index in [0.29, 0.717) is 60.7 Å². The molecule has 9 rings (SSSR count). The smallest absolute Gasteiger partial charge is 0.154 e. The second kappa shape index (κ2) is 14.2. The number of nitriles is 2. The Morgan fingerprint density at radius 1 is 0.736 bits per heavy atom. The third-order valence-corrected chi connectivity index (χ3v) is 12.0. The molecule has 270 valence electrons. The summed E-state index contributed by atoms with van der Waals surface area (Å²) in [5.74, 6) is 3.02. The number of aromatic nitrogens is 6. The van der Waals surface area contributed by atoms with Crippen LogP contribution >= 0.6 is 0 Å². The molecular weight excluding hydrogens is 663 g/mol. The van der Waals surface area contributed by atoms with Gasteiger partial charge in [-0.1, -0.05) is 0 Å². The lowest BCUT2D eigenvalue weighted by Gasteiger charge is -2.39. The van der Waals surface area contributed by atoms with E-state index in [-0.39, 0.29) is 0 Å². The van der Waals surface area contributed by atoms with Gasteiger partial charge in [0.25, 0.3) is 0 Å². The minimum atomic E-state index is 0.307. The van der Waals surface area contributed by atoms with Crippen molar-refractivity contribution < 1.29 is 0 Å². The minimum absolute atomic E-state index is 0.307. The van der Waals surface area contributed by atoms with Crippen molar-refractivity contribution in [2.45, 2.75) is 107 Å². The number of fused-ring (bicyclic) bond motifs is 6. The van der Waals surface area contributed by atoms with E-state index in [1.165, 1.54) is 25.7 Å². The Morgan fingerprint density at radius 2 is 1.34 bits per heavy atom. The van der Waals surface area contributed by atoms with Gasteiger partial charge in [0, 0.05) is 103 Å². The molecule has 1 unspecified atom stereocenters. The fraction of sp³-hybridized carbons (Fsp3) is 0.475. The first-order valence-corrected chi connectivity index (χ1v) is 19.2. The van der Waals surface area contributed by atoms with Gasteiger partial charge in [0.15, 0.2) is 5.82 Å². The summed E-state index contributed by atoms with van der Waals surface area (Å²) in [4.78, 5) is 24.6. The van der Waals surface area contributed by atoms with E-state index >= 15 is 0 Å². The van der Waals surface area contributed by atoms with Gasteiger partial charge in [-0.15, -0.1) is 5.10 Å². The zero-order chi connectivity index (χ0) is 35.9. The molecule has 9 heterocycles. The molecule has 13 heteroatoms. The Hall–Kier alpha value is -5.37. The molecule has 4 bridgehead atoms. The van der Waals surface area contributed by atoms with Crippen LogP contribution < -0.4 is 16.0 Å². The van der Waals surface area contributed by atoms with Crippen LogP contribution in [-0.2, 0) is 0 Å². The van der Waals surface area contributed by atoms with E-state index < -0.39 is 0 Å². The molecule has 3 N–H and O–H groups in total. The number of piperidine rings is 2. The quantitative estimate of drug-likeness (QED) is 0.138. The summed E-state index contributed by atoms with van der Waals surface area (Å²) in [6, 6.07) is 19.4. The Labute approximate surface area is 309 Å². The summed E-state index contributed by atoms with van der Waals surface area (Å²) in [6.45, 7) is 3.77. The molecule has 6 atom stereocenters. The van der Waals surface area contributed by atoms with Gasteiger partial charge in [0.2, 0.25) is 0 Å². The molecule has 0 amide bonds. The molecule has 0 spiro atoms. The Bertz CT molecular complexity index is 2190. The van der Waals surface area contributed by atoms with Crippen molar-refractivity contribution in [3.05, 3.63) is 60.7 Å². The highest BCUT2D eigenvalue weighted by Gasteiger charge is 2.41. The lowest BCUT2D eigenvalue weighted by molar-refractivity contribution is 0.135. The van der Waals surface area contributed by atoms with Gasteiger partial charge < -0.3 is 16.0 Å². The second-order valence-corrected chi connectivity index (χ2v) is 15.2. The Kier molecular flexibility index (Phi) is 8.98. The van der Waals surface area contributed by atoms with Gasteiger partial charge in [0.05, 0.1) is 23.9 Å². The fourth-order valence-corrected chi connectivity index (χ4v) is 9.75. The molecule has 53 heavy (non-hydrogen) atoms. The number of hydrogen-bond acceptors (Lipinski definition) is 12. The van der Waals surface area contributed by atoms with E-state index in [9.17, 15) is 0 Å². The first kappa shape index (κ1) is 33.5. The number of anilines is 4. The maximum Gasteiger partial charge on any atom is 0.154 e. The topological polar surface area (TPSA) is 160 Å². The van der Waals surface area contributed by atoms with Gasteiger partial charge >= 0.3 is 0 Å². The molecule has 0 radical (unpaired) electrons. The van der Waals surface area contributed by atoms with E-state index in [1.54, 1.807) is 0 Å². The molecule has 5 aromatic heterocycles. The van der Waals surface area contributed by atoms with Crippen LogP contribution in [0.2, 0.25) is 0 Å². The summed E-state index contributed by atoms with van der Waals surface area (Å²) in [5.41, 5.74) is 3.46. The summed E-state index contributed by atoms with van der Waals surface area (Å²) in [7, 11) is 0. The van der Waals surface area contributed by atoms with Gasteiger partial charge in [-0.3, -0.25) is 19.8 Å². The maximum atomic E-state index is 9.15. The Balaban J connectivity index is 0.943. The maximum absolute atomic E-state index is 9.15. The van der Waals surface area contributed by atoms with E-state index in [1.807, 2.05) is 54.5 Å². The molecule has 4 aliphatic rings. The van der Waals surface area contributed by atoms with Crippen LogP contribution in [0.1, 0.15) is 69.9 Å². The average Bonchev–Trinajstić information content (AvgIpc) is 3.74. The molecule has 0 aliphatic carbocycles. The second-order valence-electron chi connectivity index (χ2n) is 15.2. The van der Waals surface area contributed by atoms with Crippen molar-refractivity contribution in [3.63, 3.8) is 0 Å². The third-order valence-electron chi connectivity index (χ3n) is 12.0. The standard InChI is InChI=1S/C40H45N13/c1-25-18-37(48-36-23-34-32(6-2-14-43-34)40(49-36)47-27-21-30-10-11-31(22-27)52(30)17-5-13-42)50-53(25)35-24-45-39(33-7-3-15-44-38(33)35)46-26-19-28-8-9-29(20-26)51(28)16-4-12-41/h2-3,6-7,14-15,18,23-24,26-31H,4-5,8-11,16-17,19-22H2,1H3,(H,45,46)(H2,47,48,49,50)/t26?,27-,28-,29+,30-,31+. The number of nitrogens with zero attached hydrogens (tertiary/aromatic N) is 10. The first-order chi connectivity index (χ1) is 26.0. The highest BCUT2D eigenvalue weighted by atomic mass is 15.3. The van der Waals surface area contributed by atoms with Gasteiger partial charge in [-0.05, 0) is 82.6 Å². The summed E-state index contributed by atoms with van der Waals surface area (Å²) in [6.07, 6.45) is 15.7. The lowest BCUT2D eigenvalue weighted by atomic mass is 9.97. The first-order valence-electron chi connectivity index (χ1n) is 19.2. The van der Waals surface area contributed by atoms with Crippen molar-refractivity contribution in [3.8, 4) is 17.8 Å². The van der Waals surface area contributed by atoms with Crippen LogP contribution in [0.4, 0.5) is 23.3 Å². The van der Waals surface area contributed by atoms with Crippen LogP contribution in [0.3, 0.4) is 0 Å². The molecule has 5 aromatic rings. The highest BCUT2D eigenvalue weighted by molar-refractivity contribution is 5.94. The number of hydrogen-bond donors (Lipinski definition) is 3. The zero-order valence-electron chi connectivity index (χ0n) is 30.1. The molecule has 13 nitrogen and oxygen atoms in total. The minimum Gasteiger partial charge on any atom is -0.367 e. The monoisotopic (exact) mass is 707 g/mol. The van der Waals surface area contributed by atoms with Crippen LogP contribution in [-0.4, -0.2) is 88.9 Å². The Morgan fingerprint density at radius 3 is 1.98 bits per heavy atom. The predicted molar refractivity (Wildman–Crippen MR) is 205 cm³/mol. The van der Waals surface area contributed by atoms with E-state index in [0.717, 1.165) is 83.6 Å². The fourth-order valence-electron chi connectivity index (χ4n) is 9.75. The van der Waals surface area contributed by atoms with Crippen LogP contribution in [0, 0.1) is 29.6 Å². The van der Waals surface area contributed by atoms with Crippen LogP contribution in [0.25, 0.3) is 27.5 Å². The molecule has 0 saturated carbocycles. The summed E-state index contributed by atoms with van der Waals surface area (Å²) in [5, 5.41) is 36.3. The molecule has 4 fully saturated rings. The van der Waals surface area contributed by atoms with Gasteiger partial charge in [-0.2, -0.15) is 10.5 Å². The summed E-state index contributed by atoms with van der Waals surface area (Å²) >= 11 is 0. The molecule has 0 aromatic carbocycles. The third kappa shape index (κ3) is 6.49. The van der Waals surface area contributed by atoms with Crippen LogP contribution in [0.15, 0.2) is 55.0 Å². The van der Waals surface area contributed by atoms with Crippen molar-refractivity contribution in [1.82, 2.24) is 39.5 Å². The SMILES string of the molecule is Cc1cc(Nc2cc3ncccc3c(N[C@@H]3C[C@H]4CC[C@@H](C3)N4CCC#N)n2)nn1-c1cnc(NC2C[C@H]3CC[C@@H](C2)N3CCC#N)c2cccnc12. The average molecular weight is 708 g/mol. The number of rotatable bonds is 11. The predicted octanol–water partition coefficient (Wildman–Crippen LogP) is 6.45. The lowest BCUT2D eigenvalue weighted by Crippen LogP contribution is -2.47. The molecule has 4 saturated heterocycles. The molecular formula is C40H45N13. The van der Waals surface area contributed by atoms with Crippen molar-refractivity contribution in [1.29, 1.82) is 10.5 Å². The zero-order valence-corrected chi connectivity index (χ0v) is 30.1.